The molecule has 0 radical (unpaired) electrons. The molecule has 1 heterocycles. The summed E-state index contributed by atoms with van der Waals surface area (Å²) in [5, 5.41) is 3.42. The second-order valence-corrected chi connectivity index (χ2v) is 5.92. The van der Waals surface area contributed by atoms with Gasteiger partial charge in [-0.1, -0.05) is 19.1 Å². The molecule has 0 aromatic heterocycles. The number of hydrogen-bond acceptors (Lipinski definition) is 2. The second kappa shape index (κ2) is 6.36. The molecular weight excluding hydrogens is 279 g/mol. The summed E-state index contributed by atoms with van der Waals surface area (Å²) in [6.07, 6.45) is -1.43. The van der Waals surface area contributed by atoms with Crippen molar-refractivity contribution < 1.29 is 17.9 Å². The fourth-order valence-corrected chi connectivity index (χ4v) is 2.62. The predicted molar refractivity (Wildman–Crippen MR) is 76.0 cm³/mol. The summed E-state index contributed by atoms with van der Waals surface area (Å²) in [6, 6.07) is 5.70. The fourth-order valence-electron chi connectivity index (χ4n) is 2.62. The van der Waals surface area contributed by atoms with Gasteiger partial charge in [0.2, 0.25) is 0 Å². The van der Waals surface area contributed by atoms with Gasteiger partial charge < -0.3 is 10.1 Å². The number of benzene rings is 1. The Hall–Kier alpha value is -1.07. The molecule has 1 N–H and O–H groups in total. The lowest BCUT2D eigenvalue weighted by molar-refractivity contribution is -0.137. The van der Waals surface area contributed by atoms with Gasteiger partial charge in [-0.05, 0) is 43.9 Å². The normalized spacial score (nSPS) is 26.8. The van der Waals surface area contributed by atoms with Crippen LogP contribution in [0.4, 0.5) is 13.2 Å². The molecule has 1 fully saturated rings. The van der Waals surface area contributed by atoms with Crippen LogP contribution in [0.15, 0.2) is 24.3 Å². The second-order valence-electron chi connectivity index (χ2n) is 5.92. The molecule has 2 atom stereocenters. The molecule has 1 aromatic carbocycles. The van der Waals surface area contributed by atoms with E-state index < -0.39 is 11.7 Å². The summed E-state index contributed by atoms with van der Waals surface area (Å²) in [7, 11) is 0. The molecule has 0 bridgehead atoms. The Morgan fingerprint density at radius 1 is 1.29 bits per heavy atom. The van der Waals surface area contributed by atoms with Crippen molar-refractivity contribution in [3.05, 3.63) is 35.4 Å². The number of hydrogen-bond donors (Lipinski definition) is 1. The van der Waals surface area contributed by atoms with E-state index in [1.54, 1.807) is 0 Å². The number of nitrogens with one attached hydrogen (secondary N) is 1. The molecular formula is C16H22F3NO. The average Bonchev–Trinajstić information content (AvgIpc) is 2.45. The lowest BCUT2D eigenvalue weighted by Gasteiger charge is -2.38. The maximum atomic E-state index is 12.5. The van der Waals surface area contributed by atoms with Gasteiger partial charge in [-0.15, -0.1) is 0 Å². The highest BCUT2D eigenvalue weighted by atomic mass is 19.4. The molecule has 118 valence electrons. The molecule has 0 saturated carbocycles. The predicted octanol–water partition coefficient (Wildman–Crippen LogP) is 4.14. The largest absolute Gasteiger partial charge is 0.416 e. The highest BCUT2D eigenvalue weighted by molar-refractivity contribution is 5.24. The van der Waals surface area contributed by atoms with Crippen molar-refractivity contribution >= 4 is 0 Å². The third-order valence-corrected chi connectivity index (χ3v) is 4.22. The van der Waals surface area contributed by atoms with Gasteiger partial charge in [0, 0.05) is 19.2 Å². The molecule has 0 aliphatic carbocycles. The van der Waals surface area contributed by atoms with E-state index in [-0.39, 0.29) is 5.60 Å². The zero-order valence-electron chi connectivity index (χ0n) is 12.5. The number of ether oxygens (including phenoxy) is 1. The first-order valence-electron chi connectivity index (χ1n) is 7.36. The first-order valence-corrected chi connectivity index (χ1v) is 7.36. The topological polar surface area (TPSA) is 21.3 Å². The van der Waals surface area contributed by atoms with Crippen molar-refractivity contribution in [1.29, 1.82) is 0 Å². The molecule has 0 amide bonds. The van der Waals surface area contributed by atoms with Crippen molar-refractivity contribution in [3.8, 4) is 0 Å². The van der Waals surface area contributed by atoms with Crippen molar-refractivity contribution in [1.82, 2.24) is 5.32 Å². The quantitative estimate of drug-likeness (QED) is 0.902. The summed E-state index contributed by atoms with van der Waals surface area (Å²) < 4.78 is 43.3. The fraction of sp³-hybridized carbons (Fsp3) is 0.625. The van der Waals surface area contributed by atoms with Crippen LogP contribution < -0.4 is 5.32 Å². The Kier molecular flexibility index (Phi) is 4.94. The Bertz CT molecular complexity index is 458. The summed E-state index contributed by atoms with van der Waals surface area (Å²) in [5.74, 6) is 0. The Morgan fingerprint density at radius 2 is 1.95 bits per heavy atom. The Labute approximate surface area is 123 Å². The Morgan fingerprint density at radius 3 is 2.52 bits per heavy atom. The molecule has 1 aromatic rings. The number of halogens is 3. The van der Waals surface area contributed by atoms with Gasteiger partial charge in [0.05, 0.1) is 11.2 Å². The smallest absolute Gasteiger partial charge is 0.375 e. The van der Waals surface area contributed by atoms with E-state index in [4.69, 9.17) is 4.74 Å². The molecule has 2 nitrogen and oxygen atoms in total. The zero-order chi connectivity index (χ0) is 15.5. The highest BCUT2D eigenvalue weighted by Gasteiger charge is 2.32. The number of alkyl halides is 3. The van der Waals surface area contributed by atoms with Crippen LogP contribution in [0.3, 0.4) is 0 Å². The molecule has 0 spiro atoms. The van der Waals surface area contributed by atoms with Crippen LogP contribution >= 0.6 is 0 Å². The molecule has 1 aliphatic rings. The average molecular weight is 301 g/mol. The summed E-state index contributed by atoms with van der Waals surface area (Å²) in [4.78, 5) is 0. The van der Waals surface area contributed by atoms with Gasteiger partial charge in [-0.2, -0.15) is 13.2 Å². The van der Waals surface area contributed by atoms with Gasteiger partial charge in [0.1, 0.15) is 0 Å². The van der Waals surface area contributed by atoms with Crippen LogP contribution in [-0.4, -0.2) is 18.2 Å². The summed E-state index contributed by atoms with van der Waals surface area (Å²) in [6.45, 7) is 5.54. The van der Waals surface area contributed by atoms with Crippen LogP contribution in [0.2, 0.25) is 0 Å². The van der Waals surface area contributed by atoms with Gasteiger partial charge in [0.15, 0.2) is 0 Å². The summed E-state index contributed by atoms with van der Waals surface area (Å²) >= 11 is 0. The van der Waals surface area contributed by atoms with E-state index in [1.807, 2.05) is 0 Å². The van der Waals surface area contributed by atoms with E-state index in [0.717, 1.165) is 43.6 Å². The lowest BCUT2D eigenvalue weighted by atomic mass is 9.90. The maximum Gasteiger partial charge on any atom is 0.416 e. The van der Waals surface area contributed by atoms with Gasteiger partial charge in [0.25, 0.3) is 0 Å². The van der Waals surface area contributed by atoms with Crippen LogP contribution in [0.1, 0.15) is 44.2 Å². The van der Waals surface area contributed by atoms with Crippen molar-refractivity contribution in [2.45, 2.75) is 57.5 Å². The van der Waals surface area contributed by atoms with E-state index in [9.17, 15) is 13.2 Å². The Balaban J connectivity index is 1.88. The van der Waals surface area contributed by atoms with Gasteiger partial charge in [-0.3, -0.25) is 0 Å². The molecule has 2 rings (SSSR count). The van der Waals surface area contributed by atoms with Gasteiger partial charge >= 0.3 is 6.18 Å². The van der Waals surface area contributed by atoms with E-state index in [1.165, 1.54) is 12.1 Å². The first kappa shape index (κ1) is 16.3. The standard InChI is InChI=1S/C16H22F3NO/c1-3-15(2)10-14(8-9-21-15)20-11-12-4-6-13(7-5-12)16(17,18)19/h4-7,14,20H,3,8-11H2,1-2H3. The molecule has 21 heavy (non-hydrogen) atoms. The minimum atomic E-state index is -4.27. The van der Waals surface area contributed by atoms with Gasteiger partial charge in [-0.25, -0.2) is 0 Å². The van der Waals surface area contributed by atoms with Crippen LogP contribution in [-0.2, 0) is 17.5 Å². The number of rotatable bonds is 4. The molecule has 1 aliphatic heterocycles. The zero-order valence-corrected chi connectivity index (χ0v) is 12.5. The lowest BCUT2D eigenvalue weighted by Crippen LogP contribution is -2.44. The monoisotopic (exact) mass is 301 g/mol. The van der Waals surface area contributed by atoms with Crippen LogP contribution in [0.5, 0.6) is 0 Å². The minimum Gasteiger partial charge on any atom is -0.375 e. The molecule has 5 heteroatoms. The van der Waals surface area contributed by atoms with E-state index in [0.29, 0.717) is 12.6 Å². The van der Waals surface area contributed by atoms with Crippen molar-refractivity contribution in [3.63, 3.8) is 0 Å². The van der Waals surface area contributed by atoms with E-state index in [2.05, 4.69) is 19.2 Å². The highest BCUT2D eigenvalue weighted by Crippen LogP contribution is 2.30. The summed E-state index contributed by atoms with van der Waals surface area (Å²) in [5.41, 5.74) is 0.180. The van der Waals surface area contributed by atoms with Crippen molar-refractivity contribution in [2.24, 2.45) is 0 Å². The molecule has 2 unspecified atom stereocenters. The van der Waals surface area contributed by atoms with Crippen LogP contribution in [0.25, 0.3) is 0 Å². The minimum absolute atomic E-state index is 0.0872. The third-order valence-electron chi connectivity index (χ3n) is 4.22. The SMILES string of the molecule is CCC1(C)CC(NCc2ccc(C(F)(F)F)cc2)CCO1. The third kappa shape index (κ3) is 4.45. The molecule has 1 saturated heterocycles. The van der Waals surface area contributed by atoms with Crippen molar-refractivity contribution in [2.75, 3.05) is 6.61 Å². The first-order chi connectivity index (χ1) is 9.82. The van der Waals surface area contributed by atoms with E-state index >= 15 is 0 Å². The maximum absolute atomic E-state index is 12.5. The van der Waals surface area contributed by atoms with Crippen LogP contribution in [0, 0.1) is 0 Å².